The van der Waals surface area contributed by atoms with Gasteiger partial charge in [0.25, 0.3) is 0 Å². The number of aromatic nitrogens is 2. The summed E-state index contributed by atoms with van der Waals surface area (Å²) >= 11 is 8.29. The zero-order chi connectivity index (χ0) is 14.8. The van der Waals surface area contributed by atoms with Gasteiger partial charge in [0.15, 0.2) is 0 Å². The third kappa shape index (κ3) is 2.97. The van der Waals surface area contributed by atoms with Crippen LogP contribution in [0.5, 0.6) is 0 Å². The predicted molar refractivity (Wildman–Crippen MR) is 93.8 cm³/mol. The highest BCUT2D eigenvalue weighted by molar-refractivity contribution is 14.1. The summed E-state index contributed by atoms with van der Waals surface area (Å²) < 4.78 is 3.06. The van der Waals surface area contributed by atoms with Crippen molar-refractivity contribution in [1.82, 2.24) is 9.55 Å². The Kier molecular flexibility index (Phi) is 4.28. The lowest BCUT2D eigenvalue weighted by Crippen LogP contribution is -2.16. The first-order chi connectivity index (χ1) is 10.2. The van der Waals surface area contributed by atoms with Crippen LogP contribution in [-0.2, 0) is 0 Å². The Morgan fingerprint density at radius 1 is 1.14 bits per heavy atom. The van der Waals surface area contributed by atoms with Crippen LogP contribution in [0, 0.1) is 3.57 Å². The molecule has 1 atom stereocenters. The molecule has 0 bridgehead atoms. The number of halogens is 2. The number of nitrogens with two attached hydrogens (primary N) is 1. The molecule has 0 fully saturated rings. The van der Waals surface area contributed by atoms with Crippen LogP contribution in [0.1, 0.15) is 17.3 Å². The predicted octanol–water partition coefficient (Wildman–Crippen LogP) is 4.18. The van der Waals surface area contributed by atoms with Crippen molar-refractivity contribution in [2.24, 2.45) is 5.73 Å². The van der Waals surface area contributed by atoms with Gasteiger partial charge in [0.05, 0.1) is 29.9 Å². The highest BCUT2D eigenvalue weighted by Gasteiger charge is 2.15. The van der Waals surface area contributed by atoms with Crippen LogP contribution >= 0.6 is 34.2 Å². The van der Waals surface area contributed by atoms with Crippen molar-refractivity contribution in [1.29, 1.82) is 0 Å². The van der Waals surface area contributed by atoms with Crippen molar-refractivity contribution < 1.29 is 0 Å². The summed E-state index contributed by atoms with van der Waals surface area (Å²) in [7, 11) is 0. The first-order valence-electron chi connectivity index (χ1n) is 6.45. The fourth-order valence-electron chi connectivity index (χ4n) is 2.24. The molecular weight excluding hydrogens is 397 g/mol. The van der Waals surface area contributed by atoms with E-state index in [0.717, 1.165) is 25.5 Å². The fraction of sp³-hybridized carbons (Fsp3) is 0.0625. The van der Waals surface area contributed by atoms with Gasteiger partial charge in [-0.1, -0.05) is 41.9 Å². The summed E-state index contributed by atoms with van der Waals surface area (Å²) in [4.78, 5) is 4.26. The first kappa shape index (κ1) is 14.6. The number of benzene rings is 2. The topological polar surface area (TPSA) is 43.8 Å². The second-order valence-corrected chi connectivity index (χ2v) is 6.27. The van der Waals surface area contributed by atoms with Gasteiger partial charge in [0, 0.05) is 8.59 Å². The molecule has 0 saturated carbocycles. The Morgan fingerprint density at radius 2 is 1.90 bits per heavy atom. The molecule has 3 rings (SSSR count). The van der Waals surface area contributed by atoms with Crippen molar-refractivity contribution >= 4 is 34.2 Å². The molecule has 3 aromatic rings. The lowest BCUT2D eigenvalue weighted by Gasteiger charge is -2.16. The van der Waals surface area contributed by atoms with Crippen LogP contribution in [0.3, 0.4) is 0 Å². The molecule has 5 heteroatoms. The number of hydrogen-bond acceptors (Lipinski definition) is 2. The molecule has 0 aliphatic carbocycles. The SMILES string of the molecule is NC(c1ccccc1)c1cncn1-c1ccc(Cl)cc1I. The van der Waals surface area contributed by atoms with Gasteiger partial charge in [-0.3, -0.25) is 0 Å². The van der Waals surface area contributed by atoms with E-state index < -0.39 is 0 Å². The van der Waals surface area contributed by atoms with E-state index in [1.165, 1.54) is 0 Å². The molecule has 0 spiro atoms. The number of imidazole rings is 1. The van der Waals surface area contributed by atoms with E-state index in [2.05, 4.69) is 27.6 Å². The molecule has 2 N–H and O–H groups in total. The van der Waals surface area contributed by atoms with Crippen molar-refractivity contribution in [2.75, 3.05) is 0 Å². The van der Waals surface area contributed by atoms with Gasteiger partial charge in [0.1, 0.15) is 0 Å². The van der Waals surface area contributed by atoms with Crippen molar-refractivity contribution in [3.63, 3.8) is 0 Å². The Labute approximate surface area is 141 Å². The normalized spacial score (nSPS) is 12.3. The number of nitrogens with zero attached hydrogens (tertiary/aromatic N) is 2. The van der Waals surface area contributed by atoms with Crippen LogP contribution in [0.15, 0.2) is 61.1 Å². The van der Waals surface area contributed by atoms with E-state index in [1.54, 1.807) is 6.33 Å². The van der Waals surface area contributed by atoms with E-state index in [-0.39, 0.29) is 6.04 Å². The van der Waals surface area contributed by atoms with Crippen molar-refractivity contribution in [3.8, 4) is 5.69 Å². The third-order valence-electron chi connectivity index (χ3n) is 3.31. The highest BCUT2D eigenvalue weighted by Crippen LogP contribution is 2.26. The third-order valence-corrected chi connectivity index (χ3v) is 4.41. The highest BCUT2D eigenvalue weighted by atomic mass is 127. The van der Waals surface area contributed by atoms with Crippen LogP contribution < -0.4 is 5.73 Å². The average Bonchev–Trinajstić information content (AvgIpc) is 2.96. The van der Waals surface area contributed by atoms with Crippen LogP contribution in [0.4, 0.5) is 0 Å². The minimum atomic E-state index is -0.222. The summed E-state index contributed by atoms with van der Waals surface area (Å²) in [5.41, 5.74) is 9.42. The van der Waals surface area contributed by atoms with E-state index in [1.807, 2.05) is 59.3 Å². The molecule has 2 aromatic carbocycles. The first-order valence-corrected chi connectivity index (χ1v) is 7.90. The van der Waals surface area contributed by atoms with Gasteiger partial charge < -0.3 is 10.3 Å². The summed E-state index contributed by atoms with van der Waals surface area (Å²) in [5, 5.41) is 0.720. The van der Waals surface area contributed by atoms with E-state index in [0.29, 0.717) is 0 Å². The van der Waals surface area contributed by atoms with Gasteiger partial charge in [-0.25, -0.2) is 4.98 Å². The monoisotopic (exact) mass is 409 g/mol. The van der Waals surface area contributed by atoms with Crippen LogP contribution in [0.25, 0.3) is 5.69 Å². The Hall–Kier alpha value is -1.37. The second kappa shape index (κ2) is 6.17. The molecule has 0 aliphatic heterocycles. The summed E-state index contributed by atoms with van der Waals surface area (Å²) in [6, 6.07) is 15.6. The lowest BCUT2D eigenvalue weighted by atomic mass is 10.1. The van der Waals surface area contributed by atoms with E-state index >= 15 is 0 Å². The summed E-state index contributed by atoms with van der Waals surface area (Å²) in [5.74, 6) is 0. The van der Waals surface area contributed by atoms with Crippen molar-refractivity contribution in [3.05, 3.63) is 80.9 Å². The summed E-state index contributed by atoms with van der Waals surface area (Å²) in [6.07, 6.45) is 3.59. The minimum absolute atomic E-state index is 0.222. The van der Waals surface area contributed by atoms with E-state index in [4.69, 9.17) is 17.3 Å². The molecule has 1 unspecified atom stereocenters. The Bertz CT molecular complexity index is 755. The zero-order valence-electron chi connectivity index (χ0n) is 11.1. The van der Waals surface area contributed by atoms with Crippen molar-refractivity contribution in [2.45, 2.75) is 6.04 Å². The average molecular weight is 410 g/mol. The quantitative estimate of drug-likeness (QED) is 0.660. The van der Waals surface area contributed by atoms with Crippen LogP contribution in [-0.4, -0.2) is 9.55 Å². The number of rotatable bonds is 3. The Balaban J connectivity index is 2.05. The lowest BCUT2D eigenvalue weighted by molar-refractivity contribution is 0.792. The standard InChI is InChI=1S/C16H13ClIN3/c17-12-6-7-14(13(18)8-12)21-10-20-9-15(21)16(19)11-4-2-1-3-5-11/h1-10,16H,19H2. The molecular formula is C16H13ClIN3. The molecule has 3 nitrogen and oxygen atoms in total. The molecule has 1 aromatic heterocycles. The second-order valence-electron chi connectivity index (χ2n) is 4.67. The van der Waals surface area contributed by atoms with Crippen LogP contribution in [0.2, 0.25) is 5.02 Å². The molecule has 0 aliphatic rings. The maximum atomic E-state index is 6.39. The number of hydrogen-bond donors (Lipinski definition) is 1. The molecule has 106 valence electrons. The van der Waals surface area contributed by atoms with Gasteiger partial charge in [0.2, 0.25) is 0 Å². The van der Waals surface area contributed by atoms with Gasteiger partial charge in [-0.15, -0.1) is 0 Å². The van der Waals surface area contributed by atoms with Gasteiger partial charge in [-0.2, -0.15) is 0 Å². The molecule has 0 amide bonds. The fourth-order valence-corrected chi connectivity index (χ4v) is 3.38. The van der Waals surface area contributed by atoms with Gasteiger partial charge in [-0.05, 0) is 46.4 Å². The maximum absolute atomic E-state index is 6.39. The largest absolute Gasteiger partial charge is 0.319 e. The zero-order valence-corrected chi connectivity index (χ0v) is 14.0. The molecule has 1 heterocycles. The molecule has 0 radical (unpaired) electrons. The molecule has 21 heavy (non-hydrogen) atoms. The molecule has 0 saturated heterocycles. The maximum Gasteiger partial charge on any atom is 0.0995 e. The Morgan fingerprint density at radius 3 is 2.62 bits per heavy atom. The summed E-state index contributed by atoms with van der Waals surface area (Å²) in [6.45, 7) is 0. The minimum Gasteiger partial charge on any atom is -0.319 e. The smallest absolute Gasteiger partial charge is 0.0995 e. The van der Waals surface area contributed by atoms with E-state index in [9.17, 15) is 0 Å². The van der Waals surface area contributed by atoms with Gasteiger partial charge >= 0.3 is 0 Å².